The standard InChI is InChI=1S/C16H23F4NS/c1-10(21)6-5-7-11-8-12(15(2,3)4)14(17)13(9-11)22-16(18,19)20/h8-10H,5-7,21H2,1-4H3/t10-/m0/s1. The van der Waals surface area contributed by atoms with Crippen LogP contribution in [-0.2, 0) is 11.8 Å². The van der Waals surface area contributed by atoms with E-state index in [1.54, 1.807) is 26.8 Å². The topological polar surface area (TPSA) is 26.0 Å². The summed E-state index contributed by atoms with van der Waals surface area (Å²) in [7, 11) is 0. The highest BCUT2D eigenvalue weighted by Crippen LogP contribution is 2.41. The summed E-state index contributed by atoms with van der Waals surface area (Å²) in [5.41, 5.74) is 1.67. The predicted molar refractivity (Wildman–Crippen MR) is 83.6 cm³/mol. The number of benzene rings is 1. The van der Waals surface area contributed by atoms with E-state index < -0.39 is 16.7 Å². The molecule has 0 amide bonds. The number of nitrogens with two attached hydrogens (primary N) is 1. The third-order valence-corrected chi connectivity index (χ3v) is 4.01. The van der Waals surface area contributed by atoms with E-state index in [1.807, 2.05) is 6.92 Å². The van der Waals surface area contributed by atoms with E-state index in [-0.39, 0.29) is 22.7 Å². The maximum atomic E-state index is 14.4. The second-order valence-corrected chi connectivity index (χ2v) is 7.73. The molecule has 0 unspecified atom stereocenters. The lowest BCUT2D eigenvalue weighted by Gasteiger charge is -2.23. The Morgan fingerprint density at radius 3 is 2.23 bits per heavy atom. The van der Waals surface area contributed by atoms with Gasteiger partial charge in [0.05, 0.1) is 4.90 Å². The maximum Gasteiger partial charge on any atom is 0.446 e. The third-order valence-electron chi connectivity index (χ3n) is 3.26. The molecule has 0 heterocycles. The molecule has 0 saturated heterocycles. The summed E-state index contributed by atoms with van der Waals surface area (Å²) in [5, 5.41) is 0. The Labute approximate surface area is 133 Å². The number of hydrogen-bond donors (Lipinski definition) is 1. The quantitative estimate of drug-likeness (QED) is 0.575. The average Bonchev–Trinajstić information content (AvgIpc) is 2.29. The monoisotopic (exact) mass is 337 g/mol. The summed E-state index contributed by atoms with van der Waals surface area (Å²) in [6, 6.07) is 3.03. The number of alkyl halides is 3. The molecule has 0 aliphatic rings. The van der Waals surface area contributed by atoms with Crippen LogP contribution in [0.2, 0.25) is 0 Å². The average molecular weight is 337 g/mol. The summed E-state index contributed by atoms with van der Waals surface area (Å²) in [5.74, 6) is -0.772. The molecular formula is C16H23F4NS. The molecule has 22 heavy (non-hydrogen) atoms. The van der Waals surface area contributed by atoms with Crippen molar-refractivity contribution in [2.45, 2.75) is 68.8 Å². The van der Waals surface area contributed by atoms with Crippen LogP contribution >= 0.6 is 11.8 Å². The van der Waals surface area contributed by atoms with Crippen LogP contribution in [0.3, 0.4) is 0 Å². The van der Waals surface area contributed by atoms with E-state index in [2.05, 4.69) is 0 Å². The largest absolute Gasteiger partial charge is 0.446 e. The van der Waals surface area contributed by atoms with Crippen molar-refractivity contribution in [3.8, 4) is 0 Å². The van der Waals surface area contributed by atoms with E-state index in [9.17, 15) is 17.6 Å². The number of thioether (sulfide) groups is 1. The van der Waals surface area contributed by atoms with Gasteiger partial charge >= 0.3 is 5.51 Å². The molecule has 6 heteroatoms. The van der Waals surface area contributed by atoms with Crippen molar-refractivity contribution >= 4 is 11.8 Å². The van der Waals surface area contributed by atoms with Crippen molar-refractivity contribution in [2.24, 2.45) is 5.73 Å². The van der Waals surface area contributed by atoms with Gasteiger partial charge in [-0.2, -0.15) is 13.2 Å². The predicted octanol–water partition coefficient (Wildman–Crippen LogP) is 5.41. The fourth-order valence-corrected chi connectivity index (χ4v) is 2.83. The molecule has 0 aromatic heterocycles. The van der Waals surface area contributed by atoms with Crippen LogP contribution < -0.4 is 5.73 Å². The van der Waals surface area contributed by atoms with Crippen LogP contribution in [0.25, 0.3) is 0 Å². The molecule has 2 N–H and O–H groups in total. The summed E-state index contributed by atoms with van der Waals surface area (Å²) >= 11 is -0.388. The van der Waals surface area contributed by atoms with Gasteiger partial charge in [-0.15, -0.1) is 0 Å². The van der Waals surface area contributed by atoms with Crippen molar-refractivity contribution in [3.63, 3.8) is 0 Å². The van der Waals surface area contributed by atoms with Crippen LogP contribution in [0.15, 0.2) is 17.0 Å². The van der Waals surface area contributed by atoms with Gasteiger partial charge in [-0.3, -0.25) is 0 Å². The molecule has 0 fully saturated rings. The molecule has 0 aliphatic heterocycles. The molecule has 0 radical (unpaired) electrons. The zero-order valence-electron chi connectivity index (χ0n) is 13.4. The minimum atomic E-state index is -4.50. The number of halogens is 4. The van der Waals surface area contributed by atoms with Gasteiger partial charge in [0.1, 0.15) is 5.82 Å². The zero-order chi connectivity index (χ0) is 17.1. The smallest absolute Gasteiger partial charge is 0.328 e. The molecule has 1 aromatic carbocycles. The highest BCUT2D eigenvalue weighted by atomic mass is 32.2. The highest BCUT2D eigenvalue weighted by Gasteiger charge is 2.32. The maximum absolute atomic E-state index is 14.4. The second-order valence-electron chi connectivity index (χ2n) is 6.62. The SMILES string of the molecule is C[C@H](N)CCCc1cc(SC(F)(F)F)c(F)c(C(C)(C)C)c1. The van der Waals surface area contributed by atoms with Gasteiger partial charge in [-0.1, -0.05) is 26.8 Å². The first kappa shape index (κ1) is 19.3. The van der Waals surface area contributed by atoms with E-state index in [0.717, 1.165) is 18.4 Å². The van der Waals surface area contributed by atoms with Gasteiger partial charge < -0.3 is 5.73 Å². The fourth-order valence-electron chi connectivity index (χ4n) is 2.17. The summed E-state index contributed by atoms with van der Waals surface area (Å²) in [6.45, 7) is 7.26. The molecule has 0 aliphatic carbocycles. The molecule has 0 saturated carbocycles. The van der Waals surface area contributed by atoms with Gasteiger partial charge in [-0.05, 0) is 60.6 Å². The Balaban J connectivity index is 3.14. The van der Waals surface area contributed by atoms with Crippen molar-refractivity contribution in [1.29, 1.82) is 0 Å². The van der Waals surface area contributed by atoms with E-state index in [1.165, 1.54) is 6.07 Å². The van der Waals surface area contributed by atoms with Crippen molar-refractivity contribution in [2.75, 3.05) is 0 Å². The molecule has 1 atom stereocenters. The molecule has 0 spiro atoms. The minimum Gasteiger partial charge on any atom is -0.328 e. The normalized spacial score (nSPS) is 14.2. The van der Waals surface area contributed by atoms with Gasteiger partial charge in [0, 0.05) is 6.04 Å². The van der Waals surface area contributed by atoms with E-state index in [0.29, 0.717) is 12.0 Å². The summed E-state index contributed by atoms with van der Waals surface area (Å²) in [6.07, 6.45) is 2.14. The van der Waals surface area contributed by atoms with Gasteiger partial charge in [0.25, 0.3) is 0 Å². The number of aryl methyl sites for hydroxylation is 1. The second kappa shape index (κ2) is 7.21. The molecular weight excluding hydrogens is 314 g/mol. The zero-order valence-corrected chi connectivity index (χ0v) is 14.2. The number of hydrogen-bond acceptors (Lipinski definition) is 2. The van der Waals surface area contributed by atoms with Crippen molar-refractivity contribution < 1.29 is 17.6 Å². The Morgan fingerprint density at radius 2 is 1.77 bits per heavy atom. The first-order valence-electron chi connectivity index (χ1n) is 7.24. The Bertz CT molecular complexity index is 504. The fraction of sp³-hybridized carbons (Fsp3) is 0.625. The molecule has 126 valence electrons. The van der Waals surface area contributed by atoms with Crippen molar-refractivity contribution in [1.82, 2.24) is 0 Å². The lowest BCUT2D eigenvalue weighted by atomic mass is 9.85. The summed E-state index contributed by atoms with van der Waals surface area (Å²) < 4.78 is 52.2. The molecule has 1 nitrogen and oxygen atoms in total. The third kappa shape index (κ3) is 6.16. The van der Waals surface area contributed by atoms with Crippen LogP contribution in [0.1, 0.15) is 51.7 Å². The molecule has 1 rings (SSSR count). The lowest BCUT2D eigenvalue weighted by Crippen LogP contribution is -2.16. The lowest BCUT2D eigenvalue weighted by molar-refractivity contribution is -0.0329. The van der Waals surface area contributed by atoms with E-state index >= 15 is 0 Å². The van der Waals surface area contributed by atoms with Gasteiger partial charge in [-0.25, -0.2) is 4.39 Å². The number of rotatable bonds is 5. The van der Waals surface area contributed by atoms with Crippen molar-refractivity contribution in [3.05, 3.63) is 29.1 Å². The Hall–Kier alpha value is -0.750. The first-order chi connectivity index (χ1) is 9.90. The van der Waals surface area contributed by atoms with Crippen LogP contribution in [-0.4, -0.2) is 11.6 Å². The highest BCUT2D eigenvalue weighted by molar-refractivity contribution is 8.00. The molecule has 1 aromatic rings. The van der Waals surface area contributed by atoms with Crippen LogP contribution in [0.5, 0.6) is 0 Å². The minimum absolute atomic E-state index is 0.0477. The van der Waals surface area contributed by atoms with Crippen LogP contribution in [0.4, 0.5) is 17.6 Å². The van der Waals surface area contributed by atoms with Gasteiger partial charge in [0.15, 0.2) is 0 Å². The Kier molecular flexibility index (Phi) is 6.33. The van der Waals surface area contributed by atoms with Crippen LogP contribution in [0, 0.1) is 5.82 Å². The van der Waals surface area contributed by atoms with E-state index in [4.69, 9.17) is 5.73 Å². The Morgan fingerprint density at radius 1 is 1.18 bits per heavy atom. The van der Waals surface area contributed by atoms with Gasteiger partial charge in [0.2, 0.25) is 0 Å². The molecule has 0 bridgehead atoms. The summed E-state index contributed by atoms with van der Waals surface area (Å²) in [4.78, 5) is -0.351. The first-order valence-corrected chi connectivity index (χ1v) is 8.06.